The molecule has 3 rings (SSSR count). The Hall–Kier alpha value is -2.69. The minimum atomic E-state index is -0.852. The molecule has 5 heteroatoms. The quantitative estimate of drug-likeness (QED) is 0.803. The number of nitrogens with zero attached hydrogens (tertiary/aromatic N) is 3. The first-order valence-corrected chi connectivity index (χ1v) is 7.12. The third kappa shape index (κ3) is 2.57. The van der Waals surface area contributed by atoms with Crippen LogP contribution in [0.5, 0.6) is 0 Å². The van der Waals surface area contributed by atoms with Gasteiger partial charge in [-0.3, -0.25) is 14.8 Å². The maximum Gasteiger partial charge on any atom is 0.323 e. The lowest BCUT2D eigenvalue weighted by molar-refractivity contribution is -0.137. The second-order valence-electron chi connectivity index (χ2n) is 5.40. The Morgan fingerprint density at radius 2 is 1.95 bits per heavy atom. The van der Waals surface area contributed by atoms with Gasteiger partial charge >= 0.3 is 5.97 Å². The Balaban J connectivity index is 2.05. The van der Waals surface area contributed by atoms with Crippen molar-refractivity contribution in [2.45, 2.75) is 26.8 Å². The fraction of sp³-hybridized carbons (Fsp3) is 0.235. The molecule has 0 atom stereocenters. The van der Waals surface area contributed by atoms with Crippen molar-refractivity contribution < 1.29 is 9.90 Å². The van der Waals surface area contributed by atoms with Crippen LogP contribution in [0.3, 0.4) is 0 Å². The molecule has 22 heavy (non-hydrogen) atoms. The van der Waals surface area contributed by atoms with Crippen LogP contribution in [0.1, 0.15) is 22.5 Å². The van der Waals surface area contributed by atoms with Crippen LogP contribution in [0.4, 0.5) is 0 Å². The minimum Gasteiger partial charge on any atom is -0.480 e. The highest BCUT2D eigenvalue weighted by Crippen LogP contribution is 2.23. The van der Waals surface area contributed by atoms with E-state index in [4.69, 9.17) is 5.11 Å². The summed E-state index contributed by atoms with van der Waals surface area (Å²) < 4.78 is 1.73. The van der Waals surface area contributed by atoms with E-state index in [0.29, 0.717) is 6.42 Å². The largest absolute Gasteiger partial charge is 0.480 e. The number of carbonyl (C=O) groups is 1. The van der Waals surface area contributed by atoms with Gasteiger partial charge in [-0.1, -0.05) is 0 Å². The predicted molar refractivity (Wildman–Crippen MR) is 83.9 cm³/mol. The highest BCUT2D eigenvalue weighted by Gasteiger charge is 2.12. The molecule has 0 bridgehead atoms. The Labute approximate surface area is 128 Å². The SMILES string of the molecule is Cc1ccnc(C)c1Cc1nccc2c1ccn2CC(=O)O. The molecule has 5 nitrogen and oxygen atoms in total. The molecular formula is C17H17N3O2. The van der Waals surface area contributed by atoms with Gasteiger partial charge in [0.2, 0.25) is 0 Å². The van der Waals surface area contributed by atoms with Crippen LogP contribution >= 0.6 is 0 Å². The lowest BCUT2D eigenvalue weighted by Gasteiger charge is -2.09. The summed E-state index contributed by atoms with van der Waals surface area (Å²) in [6.45, 7) is 4.02. The number of hydrogen-bond donors (Lipinski definition) is 1. The van der Waals surface area contributed by atoms with E-state index in [1.54, 1.807) is 17.0 Å². The van der Waals surface area contributed by atoms with Crippen molar-refractivity contribution in [2.75, 3.05) is 0 Å². The van der Waals surface area contributed by atoms with Gasteiger partial charge in [-0.2, -0.15) is 0 Å². The predicted octanol–water partition coefficient (Wildman–Crippen LogP) is 2.72. The Kier molecular flexibility index (Phi) is 3.63. The van der Waals surface area contributed by atoms with Crippen molar-refractivity contribution in [1.82, 2.24) is 14.5 Å². The lowest BCUT2D eigenvalue weighted by atomic mass is 10.0. The number of aryl methyl sites for hydroxylation is 2. The molecule has 0 spiro atoms. The number of carboxylic acid groups (broad SMARTS) is 1. The molecule has 0 aliphatic heterocycles. The number of fused-ring (bicyclic) bond motifs is 1. The average Bonchev–Trinajstić information content (AvgIpc) is 2.86. The van der Waals surface area contributed by atoms with E-state index >= 15 is 0 Å². The third-order valence-corrected chi connectivity index (χ3v) is 3.94. The van der Waals surface area contributed by atoms with Crippen LogP contribution in [0, 0.1) is 13.8 Å². The van der Waals surface area contributed by atoms with E-state index < -0.39 is 5.97 Å². The van der Waals surface area contributed by atoms with Crippen molar-refractivity contribution in [1.29, 1.82) is 0 Å². The van der Waals surface area contributed by atoms with E-state index in [1.807, 2.05) is 31.3 Å². The molecule has 0 aromatic carbocycles. The zero-order chi connectivity index (χ0) is 15.7. The monoisotopic (exact) mass is 295 g/mol. The maximum absolute atomic E-state index is 10.9. The maximum atomic E-state index is 10.9. The van der Waals surface area contributed by atoms with Gasteiger partial charge in [-0.05, 0) is 43.2 Å². The molecule has 1 N–H and O–H groups in total. The topological polar surface area (TPSA) is 68.0 Å². The molecule has 0 aliphatic carbocycles. The summed E-state index contributed by atoms with van der Waals surface area (Å²) in [5.74, 6) is -0.852. The van der Waals surface area contributed by atoms with Gasteiger partial charge in [0.15, 0.2) is 0 Å². The molecule has 0 unspecified atom stereocenters. The first-order valence-electron chi connectivity index (χ1n) is 7.12. The summed E-state index contributed by atoms with van der Waals surface area (Å²) in [5, 5.41) is 9.97. The van der Waals surface area contributed by atoms with Gasteiger partial charge in [0.25, 0.3) is 0 Å². The molecule has 0 fully saturated rings. The number of pyridine rings is 2. The van der Waals surface area contributed by atoms with Crippen molar-refractivity contribution in [2.24, 2.45) is 0 Å². The zero-order valence-corrected chi connectivity index (χ0v) is 12.6. The standard InChI is InChI=1S/C17H17N3O2/c1-11-3-6-18-12(2)14(11)9-15-13-5-8-20(10-17(21)22)16(13)4-7-19-15/h3-8H,9-10H2,1-2H3,(H,21,22). The normalized spacial score (nSPS) is 11.0. The average molecular weight is 295 g/mol. The van der Waals surface area contributed by atoms with Gasteiger partial charge in [0, 0.05) is 36.1 Å². The number of aliphatic carboxylic acids is 1. The summed E-state index contributed by atoms with van der Waals surface area (Å²) >= 11 is 0. The van der Waals surface area contributed by atoms with E-state index in [2.05, 4.69) is 16.9 Å². The summed E-state index contributed by atoms with van der Waals surface area (Å²) in [6.07, 6.45) is 6.04. The van der Waals surface area contributed by atoms with Crippen molar-refractivity contribution in [3.8, 4) is 0 Å². The van der Waals surface area contributed by atoms with E-state index in [0.717, 1.165) is 22.3 Å². The minimum absolute atomic E-state index is 0.0437. The number of aromatic nitrogens is 3. The van der Waals surface area contributed by atoms with Gasteiger partial charge in [-0.15, -0.1) is 0 Å². The first-order chi connectivity index (χ1) is 10.6. The van der Waals surface area contributed by atoms with Crippen LogP contribution in [0.25, 0.3) is 10.9 Å². The highest BCUT2D eigenvalue weighted by atomic mass is 16.4. The number of rotatable bonds is 4. The van der Waals surface area contributed by atoms with Gasteiger partial charge in [0.1, 0.15) is 6.54 Å². The van der Waals surface area contributed by atoms with E-state index in [1.165, 1.54) is 11.1 Å². The third-order valence-electron chi connectivity index (χ3n) is 3.94. The van der Waals surface area contributed by atoms with Crippen LogP contribution in [0.2, 0.25) is 0 Å². The second-order valence-corrected chi connectivity index (χ2v) is 5.40. The highest BCUT2D eigenvalue weighted by molar-refractivity contribution is 5.84. The smallest absolute Gasteiger partial charge is 0.323 e. The van der Waals surface area contributed by atoms with Crippen molar-refractivity contribution in [3.63, 3.8) is 0 Å². The Bertz CT molecular complexity index is 832. The van der Waals surface area contributed by atoms with Gasteiger partial charge < -0.3 is 9.67 Å². The van der Waals surface area contributed by atoms with Crippen LogP contribution in [-0.2, 0) is 17.8 Å². The molecule has 3 heterocycles. The molecule has 3 aromatic rings. The van der Waals surface area contributed by atoms with Crippen LogP contribution in [-0.4, -0.2) is 25.6 Å². The van der Waals surface area contributed by atoms with E-state index in [-0.39, 0.29) is 6.54 Å². The summed E-state index contributed by atoms with van der Waals surface area (Å²) in [4.78, 5) is 19.8. The van der Waals surface area contributed by atoms with Crippen LogP contribution < -0.4 is 0 Å². The molecule has 112 valence electrons. The zero-order valence-electron chi connectivity index (χ0n) is 12.6. The Morgan fingerprint density at radius 3 is 2.68 bits per heavy atom. The van der Waals surface area contributed by atoms with Crippen molar-refractivity contribution in [3.05, 3.63) is 59.3 Å². The summed E-state index contributed by atoms with van der Waals surface area (Å²) in [6, 6.07) is 5.78. The fourth-order valence-corrected chi connectivity index (χ4v) is 2.77. The number of carboxylic acids is 1. The number of hydrogen-bond acceptors (Lipinski definition) is 3. The lowest BCUT2D eigenvalue weighted by Crippen LogP contribution is -2.07. The van der Waals surface area contributed by atoms with Crippen LogP contribution in [0.15, 0.2) is 36.8 Å². The fourth-order valence-electron chi connectivity index (χ4n) is 2.77. The van der Waals surface area contributed by atoms with Crippen molar-refractivity contribution >= 4 is 16.9 Å². The van der Waals surface area contributed by atoms with E-state index in [9.17, 15) is 4.79 Å². The molecule has 0 amide bonds. The second kappa shape index (κ2) is 5.60. The summed E-state index contributed by atoms with van der Waals surface area (Å²) in [5.41, 5.74) is 5.21. The molecule has 0 saturated heterocycles. The molecular weight excluding hydrogens is 278 g/mol. The molecule has 3 aromatic heterocycles. The first kappa shape index (κ1) is 14.3. The van der Waals surface area contributed by atoms with Gasteiger partial charge in [0.05, 0.1) is 11.2 Å². The molecule has 0 saturated carbocycles. The summed E-state index contributed by atoms with van der Waals surface area (Å²) in [7, 11) is 0. The molecule has 0 aliphatic rings. The Morgan fingerprint density at radius 1 is 1.18 bits per heavy atom. The van der Waals surface area contributed by atoms with Gasteiger partial charge in [-0.25, -0.2) is 0 Å². The molecule has 0 radical (unpaired) electrons.